The van der Waals surface area contributed by atoms with E-state index in [1.54, 1.807) is 18.2 Å². The van der Waals surface area contributed by atoms with Gasteiger partial charge in [0.25, 0.3) is 11.8 Å². The maximum atomic E-state index is 13.2. The van der Waals surface area contributed by atoms with Crippen LogP contribution in [0.3, 0.4) is 0 Å². The van der Waals surface area contributed by atoms with Gasteiger partial charge in [-0.1, -0.05) is 6.07 Å². The number of carbonyl (C=O) groups excluding carboxylic acids is 2. The van der Waals surface area contributed by atoms with E-state index in [0.717, 1.165) is 4.90 Å². The van der Waals surface area contributed by atoms with E-state index in [2.05, 4.69) is 5.32 Å². The first kappa shape index (κ1) is 17.2. The number of nitrogens with one attached hydrogen (secondary N) is 1. The number of anilines is 1. The predicted octanol–water partition coefficient (Wildman–Crippen LogP) is 2.43. The Hall–Kier alpha value is -3.26. The highest BCUT2D eigenvalue weighted by Gasteiger charge is 2.34. The maximum absolute atomic E-state index is 13.2. The summed E-state index contributed by atoms with van der Waals surface area (Å²) < 4.78 is 24.2. The lowest BCUT2D eigenvalue weighted by Crippen LogP contribution is -2.54. The molecule has 0 unspecified atom stereocenters. The van der Waals surface area contributed by atoms with E-state index in [4.69, 9.17) is 21.7 Å². The summed E-state index contributed by atoms with van der Waals surface area (Å²) in [6.45, 7) is 0.900. The van der Waals surface area contributed by atoms with Gasteiger partial charge >= 0.3 is 0 Å². The van der Waals surface area contributed by atoms with Gasteiger partial charge in [-0.3, -0.25) is 19.8 Å². The number of benzene rings is 2. The number of hydrogen-bond donors (Lipinski definition) is 1. The van der Waals surface area contributed by atoms with Crippen molar-refractivity contribution in [2.45, 2.75) is 0 Å². The minimum Gasteiger partial charge on any atom is -0.486 e. The first-order chi connectivity index (χ1) is 13.0. The van der Waals surface area contributed by atoms with E-state index < -0.39 is 17.6 Å². The van der Waals surface area contributed by atoms with Gasteiger partial charge in [0.05, 0.1) is 5.69 Å². The van der Waals surface area contributed by atoms with E-state index in [1.807, 2.05) is 0 Å². The van der Waals surface area contributed by atoms with E-state index in [1.165, 1.54) is 30.3 Å². The third-order valence-electron chi connectivity index (χ3n) is 4.06. The summed E-state index contributed by atoms with van der Waals surface area (Å²) in [5.41, 5.74) is 0.869. The summed E-state index contributed by atoms with van der Waals surface area (Å²) in [5.74, 6) is -0.476. The van der Waals surface area contributed by atoms with E-state index >= 15 is 0 Å². The Balaban J connectivity index is 1.70. The first-order valence-corrected chi connectivity index (χ1v) is 8.50. The van der Waals surface area contributed by atoms with Gasteiger partial charge in [-0.15, -0.1) is 0 Å². The van der Waals surface area contributed by atoms with Crippen LogP contribution in [0.5, 0.6) is 11.5 Å². The average molecular weight is 384 g/mol. The second kappa shape index (κ2) is 6.81. The van der Waals surface area contributed by atoms with Crippen LogP contribution in [-0.4, -0.2) is 30.1 Å². The fourth-order valence-electron chi connectivity index (χ4n) is 2.80. The molecule has 2 aromatic rings. The fourth-order valence-corrected chi connectivity index (χ4v) is 3.08. The molecule has 0 bridgehead atoms. The van der Waals surface area contributed by atoms with Crippen LogP contribution >= 0.6 is 12.2 Å². The fraction of sp³-hybridized carbons (Fsp3) is 0.105. The molecule has 4 rings (SSSR count). The lowest BCUT2D eigenvalue weighted by molar-refractivity contribution is -0.122. The summed E-state index contributed by atoms with van der Waals surface area (Å²) in [7, 11) is 0. The van der Waals surface area contributed by atoms with E-state index in [-0.39, 0.29) is 10.7 Å². The Morgan fingerprint density at radius 3 is 2.48 bits per heavy atom. The maximum Gasteiger partial charge on any atom is 0.270 e. The number of halogens is 1. The van der Waals surface area contributed by atoms with Crippen LogP contribution in [0.4, 0.5) is 10.1 Å². The summed E-state index contributed by atoms with van der Waals surface area (Å²) >= 11 is 5.11. The lowest BCUT2D eigenvalue weighted by atomic mass is 10.1. The van der Waals surface area contributed by atoms with Crippen molar-refractivity contribution >= 4 is 40.9 Å². The molecule has 8 heteroatoms. The van der Waals surface area contributed by atoms with Gasteiger partial charge in [0, 0.05) is 0 Å². The number of amides is 2. The van der Waals surface area contributed by atoms with Gasteiger partial charge in [0.1, 0.15) is 24.6 Å². The van der Waals surface area contributed by atoms with Crippen LogP contribution in [0, 0.1) is 5.82 Å². The molecule has 1 saturated heterocycles. The van der Waals surface area contributed by atoms with Gasteiger partial charge in [-0.2, -0.15) is 0 Å². The zero-order valence-corrected chi connectivity index (χ0v) is 14.7. The zero-order chi connectivity index (χ0) is 19.0. The number of hydrogen-bond acceptors (Lipinski definition) is 5. The highest BCUT2D eigenvalue weighted by molar-refractivity contribution is 7.80. The Morgan fingerprint density at radius 2 is 1.74 bits per heavy atom. The Labute approximate surface area is 159 Å². The molecule has 2 amide bonds. The molecule has 1 fully saturated rings. The molecule has 136 valence electrons. The van der Waals surface area contributed by atoms with E-state index in [9.17, 15) is 14.0 Å². The van der Waals surface area contributed by atoms with Crippen LogP contribution in [0.25, 0.3) is 6.08 Å². The molecule has 0 aliphatic carbocycles. The van der Waals surface area contributed by atoms with Crippen molar-refractivity contribution in [3.63, 3.8) is 0 Å². The highest BCUT2D eigenvalue weighted by atomic mass is 32.1. The van der Waals surface area contributed by atoms with Crippen LogP contribution in [0.1, 0.15) is 5.56 Å². The number of thiocarbonyl (C=S) groups is 1. The van der Waals surface area contributed by atoms with Crippen molar-refractivity contribution in [1.82, 2.24) is 5.32 Å². The largest absolute Gasteiger partial charge is 0.486 e. The second-order valence-electron chi connectivity index (χ2n) is 5.84. The molecule has 27 heavy (non-hydrogen) atoms. The number of ether oxygens (including phenoxy) is 2. The molecule has 0 atom stereocenters. The molecule has 2 aromatic carbocycles. The van der Waals surface area contributed by atoms with Gasteiger partial charge in [0.15, 0.2) is 16.6 Å². The molecular formula is C19H13FN2O4S. The summed E-state index contributed by atoms with van der Waals surface area (Å²) in [6, 6.07) is 10.4. The first-order valence-electron chi connectivity index (χ1n) is 8.09. The molecule has 2 aliphatic rings. The third-order valence-corrected chi connectivity index (χ3v) is 4.35. The number of carbonyl (C=O) groups is 2. The highest BCUT2D eigenvalue weighted by Crippen LogP contribution is 2.32. The number of rotatable bonds is 2. The van der Waals surface area contributed by atoms with Gasteiger partial charge < -0.3 is 9.47 Å². The number of fused-ring (bicyclic) bond motifs is 1. The number of nitrogens with zero attached hydrogens (tertiary/aromatic N) is 1. The normalized spacial score (nSPS) is 17.9. The van der Waals surface area contributed by atoms with E-state index in [0.29, 0.717) is 36.0 Å². The molecule has 0 spiro atoms. The smallest absolute Gasteiger partial charge is 0.270 e. The van der Waals surface area contributed by atoms with Crippen molar-refractivity contribution in [2.24, 2.45) is 0 Å². The SMILES string of the molecule is O=C1NC(=S)N(c2ccc(F)cc2)C(=O)/C1=C\c1ccc2c(c1)OCCO2. The average Bonchev–Trinajstić information content (AvgIpc) is 2.66. The van der Waals surface area contributed by atoms with Crippen LogP contribution in [0.15, 0.2) is 48.0 Å². The monoisotopic (exact) mass is 384 g/mol. The molecule has 0 radical (unpaired) electrons. The molecular weight excluding hydrogens is 371 g/mol. The molecule has 2 aliphatic heterocycles. The lowest BCUT2D eigenvalue weighted by Gasteiger charge is -2.29. The van der Waals surface area contributed by atoms with Crippen LogP contribution in [-0.2, 0) is 9.59 Å². The topological polar surface area (TPSA) is 67.9 Å². The molecule has 0 aromatic heterocycles. The molecule has 6 nitrogen and oxygen atoms in total. The molecule has 0 saturated carbocycles. The van der Waals surface area contributed by atoms with Crippen molar-refractivity contribution < 1.29 is 23.5 Å². The quantitative estimate of drug-likeness (QED) is 0.489. The summed E-state index contributed by atoms with van der Waals surface area (Å²) in [4.78, 5) is 26.3. The summed E-state index contributed by atoms with van der Waals surface area (Å²) in [6.07, 6.45) is 1.45. The van der Waals surface area contributed by atoms with Crippen LogP contribution < -0.4 is 19.7 Å². The third kappa shape index (κ3) is 3.26. The second-order valence-corrected chi connectivity index (χ2v) is 6.22. The van der Waals surface area contributed by atoms with Gasteiger partial charge in [-0.05, 0) is 60.3 Å². The van der Waals surface area contributed by atoms with Crippen molar-refractivity contribution in [3.8, 4) is 11.5 Å². The Kier molecular flexibility index (Phi) is 4.33. The zero-order valence-electron chi connectivity index (χ0n) is 13.9. The minimum atomic E-state index is -0.599. The minimum absolute atomic E-state index is 0.0593. The summed E-state index contributed by atoms with van der Waals surface area (Å²) in [5, 5.41) is 2.43. The molecule has 1 N–H and O–H groups in total. The standard InChI is InChI=1S/C19H13FN2O4S/c20-12-2-4-13(5-3-12)22-18(24)14(17(23)21-19(22)27)9-11-1-6-15-16(10-11)26-8-7-25-15/h1-6,9-10H,7-8H2,(H,21,23,27)/b14-9-. The van der Waals surface area contributed by atoms with Crippen LogP contribution in [0.2, 0.25) is 0 Å². The van der Waals surface area contributed by atoms with Crippen molar-refractivity contribution in [2.75, 3.05) is 18.1 Å². The Morgan fingerprint density at radius 1 is 1.04 bits per heavy atom. The Bertz CT molecular complexity index is 988. The van der Waals surface area contributed by atoms with Crippen molar-refractivity contribution in [1.29, 1.82) is 0 Å². The predicted molar refractivity (Wildman–Crippen MR) is 100 cm³/mol. The van der Waals surface area contributed by atoms with Gasteiger partial charge in [0.2, 0.25) is 0 Å². The molecule has 2 heterocycles. The van der Waals surface area contributed by atoms with Crippen molar-refractivity contribution in [3.05, 3.63) is 59.4 Å². The van der Waals surface area contributed by atoms with Gasteiger partial charge in [-0.25, -0.2) is 4.39 Å².